The van der Waals surface area contributed by atoms with Crippen molar-refractivity contribution in [3.63, 3.8) is 0 Å². The summed E-state index contributed by atoms with van der Waals surface area (Å²) in [7, 11) is 3.36. The Labute approximate surface area is 179 Å². The molecule has 3 rings (SSSR count). The van der Waals surface area contributed by atoms with Crippen LogP contribution in [0.4, 0.5) is 0 Å². The molecule has 0 amide bonds. The summed E-state index contributed by atoms with van der Waals surface area (Å²) in [4.78, 5) is 21.5. The zero-order valence-corrected chi connectivity index (χ0v) is 18.0. The summed E-state index contributed by atoms with van der Waals surface area (Å²) in [5, 5.41) is 17.4. The smallest absolute Gasteiger partial charge is 0.303 e. The predicted octanol–water partition coefficient (Wildman–Crippen LogP) is 0.875. The lowest BCUT2D eigenvalue weighted by Gasteiger charge is -2.12. The van der Waals surface area contributed by atoms with E-state index in [1.165, 1.54) is 21.6 Å². The molecule has 2 N–H and O–H groups in total. The highest BCUT2D eigenvalue weighted by molar-refractivity contribution is 7.84. The van der Waals surface area contributed by atoms with Crippen LogP contribution in [0.15, 0.2) is 59.5 Å². The van der Waals surface area contributed by atoms with Gasteiger partial charge in [0.25, 0.3) is 0 Å². The van der Waals surface area contributed by atoms with Gasteiger partial charge < -0.3 is 19.9 Å². The van der Waals surface area contributed by atoms with Gasteiger partial charge in [-0.05, 0) is 34.8 Å². The second-order valence-corrected chi connectivity index (χ2v) is 8.69. The van der Waals surface area contributed by atoms with E-state index in [1.54, 1.807) is 0 Å². The van der Waals surface area contributed by atoms with Crippen molar-refractivity contribution in [1.82, 2.24) is 0 Å². The number of carbonyl (C=O) groups excluding carboxylic acids is 1. The summed E-state index contributed by atoms with van der Waals surface area (Å²) in [5.41, 5.74) is 4.77. The minimum Gasteiger partial charge on any atom is -0.550 e. The lowest BCUT2D eigenvalue weighted by Crippen LogP contribution is -3.05. The molecular formula is C23H27NO5S. The van der Waals surface area contributed by atoms with Crippen LogP contribution in [0.25, 0.3) is 5.57 Å². The van der Waals surface area contributed by atoms with Crippen LogP contribution in [0, 0.1) is 0 Å². The number of carboxylic acids is 2. The van der Waals surface area contributed by atoms with E-state index in [2.05, 4.69) is 44.4 Å². The van der Waals surface area contributed by atoms with Crippen molar-refractivity contribution < 1.29 is 28.9 Å². The Morgan fingerprint density at radius 1 is 1.07 bits per heavy atom. The summed E-state index contributed by atoms with van der Waals surface area (Å²) >= 11 is 0. The average Bonchev–Trinajstić information content (AvgIpc) is 2.82. The van der Waals surface area contributed by atoms with Crippen LogP contribution in [0.2, 0.25) is 0 Å². The molecule has 0 saturated carbocycles. The molecule has 1 heterocycles. The number of carbonyl (C=O) groups is 2. The fourth-order valence-electron chi connectivity index (χ4n) is 3.09. The highest BCUT2D eigenvalue weighted by atomic mass is 32.2. The van der Waals surface area contributed by atoms with Gasteiger partial charge in [-0.1, -0.05) is 48.5 Å². The number of quaternary nitrogens is 1. The zero-order chi connectivity index (χ0) is 22.1. The molecule has 6 nitrogen and oxygen atoms in total. The van der Waals surface area contributed by atoms with E-state index in [1.807, 2.05) is 24.3 Å². The minimum atomic E-state index is -1.33. The Morgan fingerprint density at radius 3 is 2.30 bits per heavy atom. The normalized spacial score (nSPS) is 16.1. The minimum absolute atomic E-state index is 0.359. The largest absolute Gasteiger partial charge is 0.550 e. The van der Waals surface area contributed by atoms with Crippen LogP contribution in [0.3, 0.4) is 0 Å². The summed E-state index contributed by atoms with van der Waals surface area (Å²) < 4.78 is 12.7. The topological polar surface area (TPSA) is 98.9 Å². The van der Waals surface area contributed by atoms with Crippen molar-refractivity contribution in [3.8, 4) is 0 Å². The highest BCUT2D eigenvalue weighted by Gasteiger charge is 2.21. The third-order valence-corrected chi connectivity index (χ3v) is 5.97. The Hall–Kier alpha value is -2.77. The van der Waals surface area contributed by atoms with E-state index < -0.39 is 29.2 Å². The van der Waals surface area contributed by atoms with Crippen molar-refractivity contribution in [3.05, 3.63) is 71.3 Å². The molecule has 0 aromatic heterocycles. The fraction of sp³-hybridized carbons (Fsp3) is 0.304. The first-order valence-corrected chi connectivity index (χ1v) is 11.1. The SMILES string of the molecule is C[NH+](C)CC/C=C1\c2ccccc2CS(=O)c2ccccc21.O=C([O-])CCC(=O)O. The van der Waals surface area contributed by atoms with E-state index in [9.17, 15) is 18.9 Å². The highest BCUT2D eigenvalue weighted by Crippen LogP contribution is 2.35. The van der Waals surface area contributed by atoms with Crippen molar-refractivity contribution in [1.29, 1.82) is 0 Å². The Balaban J connectivity index is 0.000000343. The Kier molecular flexibility index (Phi) is 8.95. The number of rotatable bonds is 6. The summed E-state index contributed by atoms with van der Waals surface area (Å²) in [6.07, 6.45) is 2.57. The molecule has 2 aromatic rings. The van der Waals surface area contributed by atoms with Crippen LogP contribution in [0.1, 0.15) is 36.0 Å². The molecule has 1 unspecified atom stereocenters. The number of aliphatic carboxylic acids is 2. The van der Waals surface area contributed by atoms with Crippen molar-refractivity contribution in [2.75, 3.05) is 20.6 Å². The van der Waals surface area contributed by atoms with Crippen molar-refractivity contribution in [2.24, 2.45) is 0 Å². The quantitative estimate of drug-likeness (QED) is 0.710. The van der Waals surface area contributed by atoms with Gasteiger partial charge in [0, 0.05) is 17.3 Å². The van der Waals surface area contributed by atoms with Gasteiger partial charge in [-0.2, -0.15) is 0 Å². The van der Waals surface area contributed by atoms with Crippen LogP contribution < -0.4 is 10.0 Å². The Bertz CT molecular complexity index is 938. The first-order chi connectivity index (χ1) is 14.3. The fourth-order valence-corrected chi connectivity index (χ4v) is 4.44. The van der Waals surface area contributed by atoms with Gasteiger partial charge in [-0.25, -0.2) is 0 Å². The molecule has 1 aliphatic heterocycles. The van der Waals surface area contributed by atoms with Crippen LogP contribution in [-0.4, -0.2) is 41.9 Å². The van der Waals surface area contributed by atoms with Gasteiger partial charge in [0.15, 0.2) is 0 Å². The third kappa shape index (κ3) is 6.93. The van der Waals surface area contributed by atoms with Gasteiger partial charge in [-0.3, -0.25) is 9.00 Å². The van der Waals surface area contributed by atoms with Crippen molar-refractivity contribution in [2.45, 2.75) is 29.9 Å². The van der Waals surface area contributed by atoms with E-state index >= 15 is 0 Å². The number of hydrogen-bond acceptors (Lipinski definition) is 4. The van der Waals surface area contributed by atoms with Crippen LogP contribution >= 0.6 is 0 Å². The summed E-state index contributed by atoms with van der Waals surface area (Å²) in [6, 6.07) is 16.5. The lowest BCUT2D eigenvalue weighted by molar-refractivity contribution is -0.857. The number of benzene rings is 2. The summed E-state index contributed by atoms with van der Waals surface area (Å²) in [5.74, 6) is -1.84. The first-order valence-electron chi connectivity index (χ1n) is 9.76. The molecule has 1 aliphatic rings. The van der Waals surface area contributed by atoms with E-state index in [-0.39, 0.29) is 6.42 Å². The number of nitrogens with one attached hydrogen (secondary N) is 1. The second-order valence-electron chi connectivity index (χ2n) is 7.27. The van der Waals surface area contributed by atoms with Gasteiger partial charge in [0.05, 0.1) is 43.6 Å². The number of hydrogen-bond donors (Lipinski definition) is 2. The molecule has 0 radical (unpaired) electrons. The molecule has 0 bridgehead atoms. The molecule has 30 heavy (non-hydrogen) atoms. The van der Waals surface area contributed by atoms with Crippen LogP contribution in [-0.2, 0) is 26.1 Å². The van der Waals surface area contributed by atoms with E-state index in [4.69, 9.17) is 5.11 Å². The standard InChI is InChI=1S/C19H21NOS.C4H6O4/c1-20(2)13-7-11-17-16-9-4-3-8-15(16)14-22(21)19-12-6-5-10-18(17)19;5-3(6)1-2-4(7)8/h3-6,8-12H,7,13-14H2,1-2H3;1-2H2,(H,5,6)(H,7,8)/b17-11+;. The predicted molar refractivity (Wildman–Crippen MR) is 114 cm³/mol. The molecule has 160 valence electrons. The Morgan fingerprint density at radius 2 is 1.70 bits per heavy atom. The molecule has 7 heteroatoms. The molecule has 2 aromatic carbocycles. The average molecular weight is 430 g/mol. The van der Waals surface area contributed by atoms with Gasteiger partial charge >= 0.3 is 5.97 Å². The molecule has 1 atom stereocenters. The molecule has 0 spiro atoms. The first kappa shape index (κ1) is 23.5. The zero-order valence-electron chi connectivity index (χ0n) is 17.2. The molecular weight excluding hydrogens is 402 g/mol. The van der Waals surface area contributed by atoms with Crippen molar-refractivity contribution >= 4 is 28.3 Å². The molecule has 0 aliphatic carbocycles. The maximum Gasteiger partial charge on any atom is 0.303 e. The third-order valence-electron chi connectivity index (χ3n) is 4.55. The summed E-state index contributed by atoms with van der Waals surface area (Å²) in [6.45, 7) is 1.09. The van der Waals surface area contributed by atoms with Gasteiger partial charge in [0.1, 0.15) is 0 Å². The van der Waals surface area contributed by atoms with E-state index in [0.717, 1.165) is 23.4 Å². The molecule has 0 fully saturated rings. The maximum absolute atomic E-state index is 12.7. The molecule has 0 saturated heterocycles. The lowest BCUT2D eigenvalue weighted by atomic mass is 9.93. The van der Waals surface area contributed by atoms with Gasteiger partial charge in [-0.15, -0.1) is 0 Å². The second kappa shape index (κ2) is 11.4. The maximum atomic E-state index is 12.7. The monoisotopic (exact) mass is 429 g/mol. The van der Waals surface area contributed by atoms with Gasteiger partial charge in [0.2, 0.25) is 0 Å². The van der Waals surface area contributed by atoms with E-state index in [0.29, 0.717) is 5.75 Å². The number of carboxylic acid groups (broad SMARTS) is 2. The van der Waals surface area contributed by atoms with Crippen LogP contribution in [0.5, 0.6) is 0 Å². The number of fused-ring (bicyclic) bond motifs is 2.